The second-order valence-electron chi connectivity index (χ2n) is 4.38. The Morgan fingerprint density at radius 2 is 1.84 bits per heavy atom. The Labute approximate surface area is 125 Å². The average molecular weight is 313 g/mol. The summed E-state index contributed by atoms with van der Waals surface area (Å²) in [7, 11) is 0. The first kappa shape index (κ1) is 18.6. The number of hydrogen-bond acceptors (Lipinski definition) is 2. The molecule has 19 heavy (non-hydrogen) atoms. The molecule has 2 nitrogen and oxygen atoms in total. The fourth-order valence-electron chi connectivity index (χ4n) is 2.44. The summed E-state index contributed by atoms with van der Waals surface area (Å²) in [4.78, 5) is 2.26. The van der Waals surface area contributed by atoms with Gasteiger partial charge in [-0.25, -0.2) is 8.78 Å². The van der Waals surface area contributed by atoms with Crippen LogP contribution in [0.3, 0.4) is 0 Å². The number of rotatable bonds is 3. The minimum absolute atomic E-state index is 0. The Kier molecular flexibility index (Phi) is 8.50. The standard InChI is InChI=1S/C13H18F2N2.2ClH/c1-2-13(17-7-5-16-6-8-17)11-4-3-10(14)9-12(11)15;;/h3-4,9,13,16H,2,5-8H2,1H3;2*1H. The van der Waals surface area contributed by atoms with E-state index in [1.165, 1.54) is 6.07 Å². The van der Waals surface area contributed by atoms with Crippen molar-refractivity contribution in [3.63, 3.8) is 0 Å². The van der Waals surface area contributed by atoms with Crippen molar-refractivity contribution in [2.45, 2.75) is 19.4 Å². The second-order valence-corrected chi connectivity index (χ2v) is 4.38. The van der Waals surface area contributed by atoms with E-state index in [4.69, 9.17) is 0 Å². The largest absolute Gasteiger partial charge is 0.314 e. The summed E-state index contributed by atoms with van der Waals surface area (Å²) in [6.07, 6.45) is 0.836. The first-order valence-electron chi connectivity index (χ1n) is 6.12. The van der Waals surface area contributed by atoms with Crippen LogP contribution in [0.15, 0.2) is 18.2 Å². The Balaban J connectivity index is 0.00000162. The lowest BCUT2D eigenvalue weighted by molar-refractivity contribution is 0.166. The van der Waals surface area contributed by atoms with Gasteiger partial charge < -0.3 is 5.32 Å². The van der Waals surface area contributed by atoms with Crippen molar-refractivity contribution in [1.29, 1.82) is 0 Å². The molecule has 2 rings (SSSR count). The predicted octanol–water partition coefficient (Wildman–Crippen LogP) is 3.16. The van der Waals surface area contributed by atoms with Gasteiger partial charge in [0.2, 0.25) is 0 Å². The van der Waals surface area contributed by atoms with E-state index in [1.807, 2.05) is 6.92 Å². The molecule has 1 aliphatic rings. The van der Waals surface area contributed by atoms with Crippen molar-refractivity contribution < 1.29 is 8.78 Å². The maximum atomic E-state index is 13.8. The number of halogens is 4. The van der Waals surface area contributed by atoms with Gasteiger partial charge in [-0.1, -0.05) is 13.0 Å². The molecule has 1 heterocycles. The van der Waals surface area contributed by atoms with Crippen LogP contribution in [0.4, 0.5) is 8.78 Å². The predicted molar refractivity (Wildman–Crippen MR) is 78.3 cm³/mol. The highest BCUT2D eigenvalue weighted by Crippen LogP contribution is 2.27. The summed E-state index contributed by atoms with van der Waals surface area (Å²) < 4.78 is 26.7. The molecule has 0 saturated carbocycles. The van der Waals surface area contributed by atoms with Gasteiger partial charge in [-0.05, 0) is 12.5 Å². The molecule has 1 unspecified atom stereocenters. The third kappa shape index (κ3) is 4.56. The van der Waals surface area contributed by atoms with E-state index in [2.05, 4.69) is 10.2 Å². The summed E-state index contributed by atoms with van der Waals surface area (Å²) in [5.41, 5.74) is 0.607. The SMILES string of the molecule is CCC(c1ccc(F)cc1F)N1CCNCC1.Cl.Cl. The van der Waals surface area contributed by atoms with Gasteiger partial charge in [-0.15, -0.1) is 24.8 Å². The molecule has 1 aliphatic heterocycles. The van der Waals surface area contributed by atoms with Gasteiger partial charge in [-0.3, -0.25) is 4.90 Å². The first-order valence-corrected chi connectivity index (χ1v) is 6.12. The zero-order valence-electron chi connectivity index (χ0n) is 10.9. The highest BCUT2D eigenvalue weighted by atomic mass is 35.5. The molecule has 1 atom stereocenters. The summed E-state index contributed by atoms with van der Waals surface area (Å²) in [5, 5.41) is 3.27. The van der Waals surface area contributed by atoms with Gasteiger partial charge in [0, 0.05) is 43.9 Å². The molecule has 0 aliphatic carbocycles. The third-order valence-electron chi connectivity index (χ3n) is 3.30. The van der Waals surface area contributed by atoms with E-state index in [1.54, 1.807) is 6.07 Å². The zero-order valence-corrected chi connectivity index (χ0v) is 12.5. The molecule has 1 aromatic rings. The molecule has 1 fully saturated rings. The van der Waals surface area contributed by atoms with E-state index in [9.17, 15) is 8.78 Å². The topological polar surface area (TPSA) is 15.3 Å². The summed E-state index contributed by atoms with van der Waals surface area (Å²) in [6.45, 7) is 5.72. The molecular formula is C13H20Cl2F2N2. The lowest BCUT2D eigenvalue weighted by Gasteiger charge is -2.34. The van der Waals surface area contributed by atoms with Crippen LogP contribution in [0.5, 0.6) is 0 Å². The lowest BCUT2D eigenvalue weighted by atomic mass is 10.0. The van der Waals surface area contributed by atoms with E-state index in [0.29, 0.717) is 5.56 Å². The molecular weight excluding hydrogens is 293 g/mol. The molecule has 0 spiro atoms. The Hall–Kier alpha value is -0.420. The van der Waals surface area contributed by atoms with Crippen LogP contribution in [0, 0.1) is 11.6 Å². The molecule has 6 heteroatoms. The van der Waals surface area contributed by atoms with Gasteiger partial charge in [-0.2, -0.15) is 0 Å². The lowest BCUT2D eigenvalue weighted by Crippen LogP contribution is -2.45. The molecule has 0 bridgehead atoms. The average Bonchev–Trinajstić information content (AvgIpc) is 2.34. The molecule has 110 valence electrons. The minimum Gasteiger partial charge on any atom is -0.314 e. The highest BCUT2D eigenvalue weighted by Gasteiger charge is 2.23. The van der Waals surface area contributed by atoms with Gasteiger partial charge >= 0.3 is 0 Å². The fraction of sp³-hybridized carbons (Fsp3) is 0.538. The Morgan fingerprint density at radius 3 is 2.37 bits per heavy atom. The molecule has 0 amide bonds. The van der Waals surface area contributed by atoms with Crippen LogP contribution < -0.4 is 5.32 Å². The van der Waals surface area contributed by atoms with Crippen molar-refractivity contribution in [3.8, 4) is 0 Å². The van der Waals surface area contributed by atoms with Gasteiger partial charge in [0.05, 0.1) is 0 Å². The normalized spacial score (nSPS) is 17.2. The van der Waals surface area contributed by atoms with Gasteiger partial charge in [0.15, 0.2) is 0 Å². The summed E-state index contributed by atoms with van der Waals surface area (Å²) in [6, 6.07) is 3.93. The van der Waals surface area contributed by atoms with E-state index < -0.39 is 11.6 Å². The Morgan fingerprint density at radius 1 is 1.21 bits per heavy atom. The van der Waals surface area contributed by atoms with Crippen LogP contribution in [-0.2, 0) is 0 Å². The van der Waals surface area contributed by atoms with Gasteiger partial charge in [0.25, 0.3) is 0 Å². The van der Waals surface area contributed by atoms with Crippen molar-refractivity contribution >= 4 is 24.8 Å². The van der Waals surface area contributed by atoms with Gasteiger partial charge in [0.1, 0.15) is 11.6 Å². The monoisotopic (exact) mass is 312 g/mol. The van der Waals surface area contributed by atoms with Crippen LogP contribution >= 0.6 is 24.8 Å². The maximum absolute atomic E-state index is 13.8. The van der Waals surface area contributed by atoms with E-state index in [0.717, 1.165) is 38.7 Å². The number of benzene rings is 1. The molecule has 1 aromatic carbocycles. The third-order valence-corrected chi connectivity index (χ3v) is 3.30. The van der Waals surface area contributed by atoms with Crippen LogP contribution in [-0.4, -0.2) is 31.1 Å². The first-order chi connectivity index (χ1) is 8.22. The van der Waals surface area contributed by atoms with Crippen LogP contribution in [0.2, 0.25) is 0 Å². The Bertz CT molecular complexity index is 385. The summed E-state index contributed by atoms with van der Waals surface area (Å²) >= 11 is 0. The number of nitrogens with zero attached hydrogens (tertiary/aromatic N) is 1. The number of piperazine rings is 1. The summed E-state index contributed by atoms with van der Waals surface area (Å²) in [5.74, 6) is -0.947. The minimum atomic E-state index is -0.513. The van der Waals surface area contributed by atoms with Crippen molar-refractivity contribution in [2.75, 3.05) is 26.2 Å². The smallest absolute Gasteiger partial charge is 0.130 e. The highest BCUT2D eigenvalue weighted by molar-refractivity contribution is 5.85. The van der Waals surface area contributed by atoms with Crippen molar-refractivity contribution in [3.05, 3.63) is 35.4 Å². The van der Waals surface area contributed by atoms with E-state index >= 15 is 0 Å². The maximum Gasteiger partial charge on any atom is 0.130 e. The van der Waals surface area contributed by atoms with Crippen molar-refractivity contribution in [2.24, 2.45) is 0 Å². The second kappa shape index (κ2) is 8.69. The van der Waals surface area contributed by atoms with Crippen LogP contribution in [0.1, 0.15) is 24.9 Å². The number of hydrogen-bond donors (Lipinski definition) is 1. The number of nitrogens with one attached hydrogen (secondary N) is 1. The van der Waals surface area contributed by atoms with Crippen molar-refractivity contribution in [1.82, 2.24) is 10.2 Å². The molecule has 0 radical (unpaired) electrons. The van der Waals surface area contributed by atoms with Crippen LogP contribution in [0.25, 0.3) is 0 Å². The van der Waals surface area contributed by atoms with E-state index in [-0.39, 0.29) is 30.9 Å². The molecule has 1 N–H and O–H groups in total. The fourth-order valence-corrected chi connectivity index (χ4v) is 2.44. The molecule has 1 saturated heterocycles. The quantitative estimate of drug-likeness (QED) is 0.922. The zero-order chi connectivity index (χ0) is 12.3. The molecule has 0 aromatic heterocycles.